The van der Waals surface area contributed by atoms with E-state index in [1.165, 1.54) is 0 Å². The highest BCUT2D eigenvalue weighted by molar-refractivity contribution is 9.10. The molecule has 0 aliphatic carbocycles. The molecular weight excluding hydrogens is 335 g/mol. The lowest BCUT2D eigenvalue weighted by atomic mass is 10.1. The second kappa shape index (κ2) is 5.55. The minimum Gasteiger partial charge on any atom is -0.216 e. The van der Waals surface area contributed by atoms with Gasteiger partial charge in [-0.1, -0.05) is 46.1 Å². The summed E-state index contributed by atoms with van der Waals surface area (Å²) >= 11 is 15.7. The van der Waals surface area contributed by atoms with Gasteiger partial charge in [-0.2, -0.15) is 0 Å². The Morgan fingerprint density at radius 3 is 2.28 bits per heavy atom. The number of hydrogen-bond donors (Lipinski definition) is 0. The second-order valence-electron chi connectivity index (χ2n) is 3.92. The zero-order valence-corrected chi connectivity index (χ0v) is 13.1. The van der Waals surface area contributed by atoms with E-state index in [2.05, 4.69) is 25.9 Å². The van der Waals surface area contributed by atoms with Gasteiger partial charge >= 0.3 is 0 Å². The predicted octanol–water partition coefficient (Wildman–Crippen LogP) is 5.08. The molecule has 0 N–H and O–H groups in total. The van der Waals surface area contributed by atoms with Crippen LogP contribution in [0.25, 0.3) is 11.4 Å². The Labute approximate surface area is 124 Å². The van der Waals surface area contributed by atoms with Gasteiger partial charge in [-0.05, 0) is 37.1 Å². The maximum absolute atomic E-state index is 6.12. The maximum Gasteiger partial charge on any atom is 0.162 e. The minimum atomic E-state index is 0.426. The third kappa shape index (κ3) is 2.68. The van der Waals surface area contributed by atoms with Crippen LogP contribution in [-0.2, 0) is 6.42 Å². The fourth-order valence-electron chi connectivity index (χ4n) is 1.72. The SMILES string of the molecule is CCc1c(Cl)nc(-c2ccc(Br)cc2C)nc1Cl. The van der Waals surface area contributed by atoms with E-state index in [1.807, 2.05) is 32.0 Å². The van der Waals surface area contributed by atoms with Crippen molar-refractivity contribution >= 4 is 39.1 Å². The van der Waals surface area contributed by atoms with Gasteiger partial charge in [-0.3, -0.25) is 0 Å². The van der Waals surface area contributed by atoms with Crippen LogP contribution in [0.1, 0.15) is 18.1 Å². The second-order valence-corrected chi connectivity index (χ2v) is 5.55. The van der Waals surface area contributed by atoms with E-state index in [0.29, 0.717) is 16.1 Å². The van der Waals surface area contributed by atoms with E-state index < -0.39 is 0 Å². The van der Waals surface area contributed by atoms with Crippen molar-refractivity contribution in [1.29, 1.82) is 0 Å². The Bertz CT molecular complexity index is 577. The lowest BCUT2D eigenvalue weighted by Crippen LogP contribution is -1.97. The topological polar surface area (TPSA) is 25.8 Å². The van der Waals surface area contributed by atoms with Crippen molar-refractivity contribution in [3.05, 3.63) is 44.1 Å². The fraction of sp³-hybridized carbons (Fsp3) is 0.231. The normalized spacial score (nSPS) is 10.7. The molecule has 0 aliphatic heterocycles. The van der Waals surface area contributed by atoms with Crippen molar-refractivity contribution in [1.82, 2.24) is 9.97 Å². The molecule has 0 radical (unpaired) electrons. The molecule has 0 saturated carbocycles. The molecule has 0 fully saturated rings. The number of nitrogens with zero attached hydrogens (tertiary/aromatic N) is 2. The first-order valence-electron chi connectivity index (χ1n) is 5.51. The Morgan fingerprint density at radius 1 is 1.17 bits per heavy atom. The van der Waals surface area contributed by atoms with Crippen molar-refractivity contribution in [3.8, 4) is 11.4 Å². The molecule has 1 aromatic carbocycles. The third-order valence-corrected chi connectivity index (χ3v) is 3.81. The highest BCUT2D eigenvalue weighted by atomic mass is 79.9. The molecule has 0 saturated heterocycles. The molecule has 0 aliphatic rings. The fourth-order valence-corrected chi connectivity index (χ4v) is 2.85. The molecule has 0 unspecified atom stereocenters. The average Bonchev–Trinajstić information content (AvgIpc) is 2.28. The molecule has 1 aromatic heterocycles. The van der Waals surface area contributed by atoms with Crippen LogP contribution in [-0.4, -0.2) is 9.97 Å². The summed E-state index contributed by atoms with van der Waals surface area (Å²) in [4.78, 5) is 8.64. The Balaban J connectivity index is 2.58. The monoisotopic (exact) mass is 344 g/mol. The number of halogens is 3. The molecular formula is C13H11BrCl2N2. The van der Waals surface area contributed by atoms with Crippen molar-refractivity contribution in [2.75, 3.05) is 0 Å². The van der Waals surface area contributed by atoms with Gasteiger partial charge in [-0.25, -0.2) is 9.97 Å². The first-order valence-corrected chi connectivity index (χ1v) is 7.06. The Kier molecular flexibility index (Phi) is 4.25. The smallest absolute Gasteiger partial charge is 0.162 e. The van der Waals surface area contributed by atoms with Crippen LogP contribution in [0.3, 0.4) is 0 Å². The van der Waals surface area contributed by atoms with Crippen molar-refractivity contribution < 1.29 is 0 Å². The Morgan fingerprint density at radius 2 is 1.78 bits per heavy atom. The number of aryl methyl sites for hydroxylation is 1. The van der Waals surface area contributed by atoms with Crippen molar-refractivity contribution in [3.63, 3.8) is 0 Å². The quantitative estimate of drug-likeness (QED) is 0.709. The van der Waals surface area contributed by atoms with E-state index >= 15 is 0 Å². The van der Waals surface area contributed by atoms with Crippen LogP contribution in [0.5, 0.6) is 0 Å². The Hall–Kier alpha value is -0.640. The third-order valence-electron chi connectivity index (χ3n) is 2.69. The molecule has 0 atom stereocenters. The molecule has 2 rings (SSSR count). The molecule has 1 heterocycles. The van der Waals surface area contributed by atoms with Gasteiger partial charge < -0.3 is 0 Å². The predicted molar refractivity (Wildman–Crippen MR) is 79.3 cm³/mol. The minimum absolute atomic E-state index is 0.426. The molecule has 0 spiro atoms. The van der Waals surface area contributed by atoms with Crippen LogP contribution in [0, 0.1) is 6.92 Å². The molecule has 18 heavy (non-hydrogen) atoms. The van der Waals surface area contributed by atoms with Gasteiger partial charge in [0.2, 0.25) is 0 Å². The van der Waals surface area contributed by atoms with E-state index in [0.717, 1.165) is 27.6 Å². The molecule has 0 bridgehead atoms. The zero-order valence-electron chi connectivity index (χ0n) is 9.97. The molecule has 2 aromatic rings. The number of aromatic nitrogens is 2. The number of rotatable bonds is 2. The number of benzene rings is 1. The van der Waals surface area contributed by atoms with Gasteiger partial charge in [0.15, 0.2) is 5.82 Å². The molecule has 0 amide bonds. The molecule has 5 heteroatoms. The van der Waals surface area contributed by atoms with Gasteiger partial charge in [-0.15, -0.1) is 0 Å². The molecule has 2 nitrogen and oxygen atoms in total. The summed E-state index contributed by atoms with van der Waals surface area (Å²) in [6, 6.07) is 5.91. The summed E-state index contributed by atoms with van der Waals surface area (Å²) in [5, 5.41) is 0.852. The first-order chi connectivity index (χ1) is 8.52. The van der Waals surface area contributed by atoms with E-state index in [4.69, 9.17) is 23.2 Å². The number of hydrogen-bond acceptors (Lipinski definition) is 2. The summed E-state index contributed by atoms with van der Waals surface area (Å²) in [6.45, 7) is 3.97. The van der Waals surface area contributed by atoms with Crippen LogP contribution in [0.2, 0.25) is 10.3 Å². The maximum atomic E-state index is 6.12. The highest BCUT2D eigenvalue weighted by Crippen LogP contribution is 2.28. The zero-order chi connectivity index (χ0) is 13.3. The van der Waals surface area contributed by atoms with E-state index in [9.17, 15) is 0 Å². The van der Waals surface area contributed by atoms with E-state index in [-0.39, 0.29) is 0 Å². The van der Waals surface area contributed by atoms with Crippen LogP contribution < -0.4 is 0 Å². The lowest BCUT2D eigenvalue weighted by Gasteiger charge is -2.08. The van der Waals surface area contributed by atoms with Gasteiger partial charge in [0.1, 0.15) is 10.3 Å². The summed E-state index contributed by atoms with van der Waals surface area (Å²) in [7, 11) is 0. The van der Waals surface area contributed by atoms with Crippen LogP contribution in [0.4, 0.5) is 0 Å². The van der Waals surface area contributed by atoms with Gasteiger partial charge in [0.25, 0.3) is 0 Å². The standard InChI is InChI=1S/C13H11BrCl2N2/c1-3-9-11(15)17-13(18-12(9)16)10-5-4-8(14)6-7(10)2/h4-6H,3H2,1-2H3. The van der Waals surface area contributed by atoms with Crippen molar-refractivity contribution in [2.45, 2.75) is 20.3 Å². The first kappa shape index (κ1) is 13.8. The van der Waals surface area contributed by atoms with E-state index in [1.54, 1.807) is 0 Å². The van der Waals surface area contributed by atoms with Crippen LogP contribution in [0.15, 0.2) is 22.7 Å². The lowest BCUT2D eigenvalue weighted by molar-refractivity contribution is 1.05. The largest absolute Gasteiger partial charge is 0.216 e. The van der Waals surface area contributed by atoms with Crippen LogP contribution >= 0.6 is 39.1 Å². The summed E-state index contributed by atoms with van der Waals surface area (Å²) < 4.78 is 1.02. The molecule has 94 valence electrons. The van der Waals surface area contributed by atoms with Gasteiger partial charge in [0.05, 0.1) is 0 Å². The highest BCUT2D eigenvalue weighted by Gasteiger charge is 2.12. The van der Waals surface area contributed by atoms with Gasteiger partial charge in [0, 0.05) is 15.6 Å². The summed E-state index contributed by atoms with van der Waals surface area (Å²) in [5.74, 6) is 0.562. The van der Waals surface area contributed by atoms with Crippen molar-refractivity contribution in [2.24, 2.45) is 0 Å². The summed E-state index contributed by atoms with van der Waals surface area (Å²) in [5.41, 5.74) is 2.79. The average molecular weight is 346 g/mol. The summed E-state index contributed by atoms with van der Waals surface area (Å²) in [6.07, 6.45) is 0.720.